The summed E-state index contributed by atoms with van der Waals surface area (Å²) in [6.07, 6.45) is 1.71. The van der Waals surface area contributed by atoms with Crippen molar-refractivity contribution in [1.29, 1.82) is 0 Å². The molecule has 1 atom stereocenters. The maximum absolute atomic E-state index is 6.44. The summed E-state index contributed by atoms with van der Waals surface area (Å²) in [7, 11) is 1.69. The van der Waals surface area contributed by atoms with Crippen molar-refractivity contribution >= 4 is 34.1 Å². The number of aryl methyl sites for hydroxylation is 3. The number of halogens is 1. The number of pyridine rings is 1. The van der Waals surface area contributed by atoms with Crippen LogP contribution in [0.2, 0.25) is 5.02 Å². The molecule has 3 rings (SSSR count). The summed E-state index contributed by atoms with van der Waals surface area (Å²) in [5, 5.41) is 12.7. The molecule has 0 bridgehead atoms. The van der Waals surface area contributed by atoms with Gasteiger partial charge < -0.3 is 10.1 Å². The number of anilines is 2. The Morgan fingerprint density at radius 1 is 1.23 bits per heavy atom. The zero-order valence-corrected chi connectivity index (χ0v) is 16.6. The van der Waals surface area contributed by atoms with Crippen LogP contribution in [0, 0.1) is 20.8 Å². The van der Waals surface area contributed by atoms with Gasteiger partial charge >= 0.3 is 0 Å². The fourth-order valence-electron chi connectivity index (χ4n) is 3.14. The van der Waals surface area contributed by atoms with E-state index in [0.29, 0.717) is 16.4 Å². The predicted octanol–water partition coefficient (Wildman–Crippen LogP) is 5.09. The van der Waals surface area contributed by atoms with Crippen molar-refractivity contribution in [3.63, 3.8) is 0 Å². The second kappa shape index (κ2) is 7.60. The van der Waals surface area contributed by atoms with Crippen molar-refractivity contribution in [2.45, 2.75) is 46.8 Å². The number of hydrogen-bond donors (Lipinski definition) is 1. The van der Waals surface area contributed by atoms with Crippen molar-refractivity contribution < 1.29 is 4.74 Å². The van der Waals surface area contributed by atoms with Gasteiger partial charge in [-0.3, -0.25) is 0 Å². The molecule has 7 heteroatoms. The zero-order valence-electron chi connectivity index (χ0n) is 15.8. The van der Waals surface area contributed by atoms with E-state index in [4.69, 9.17) is 16.3 Å². The van der Waals surface area contributed by atoms with E-state index in [-0.39, 0.29) is 6.23 Å². The van der Waals surface area contributed by atoms with Gasteiger partial charge in [0.2, 0.25) is 0 Å². The largest absolute Gasteiger partial charge is 0.360 e. The van der Waals surface area contributed by atoms with Crippen LogP contribution in [0.15, 0.2) is 18.2 Å². The predicted molar refractivity (Wildman–Crippen MR) is 105 cm³/mol. The Labute approximate surface area is 158 Å². The molecule has 0 aliphatic carbocycles. The third kappa shape index (κ3) is 3.52. The van der Waals surface area contributed by atoms with E-state index >= 15 is 0 Å². The molecule has 0 saturated carbocycles. The van der Waals surface area contributed by atoms with E-state index in [0.717, 1.165) is 40.9 Å². The van der Waals surface area contributed by atoms with Crippen molar-refractivity contribution in [2.75, 3.05) is 12.4 Å². The van der Waals surface area contributed by atoms with Gasteiger partial charge in [0.05, 0.1) is 16.2 Å². The second-order valence-corrected chi connectivity index (χ2v) is 6.96. The molecular weight excluding hydrogens is 350 g/mol. The first-order valence-electron chi connectivity index (χ1n) is 8.73. The maximum atomic E-state index is 6.44. The number of aromatic nitrogens is 4. The molecule has 0 fully saturated rings. The molecule has 0 saturated heterocycles. The summed E-state index contributed by atoms with van der Waals surface area (Å²) in [6.45, 7) is 8.11. The summed E-state index contributed by atoms with van der Waals surface area (Å²) in [6, 6.07) is 6.00. The Bertz CT molecular complexity index is 914. The number of nitrogens with one attached hydrogen (secondary N) is 1. The van der Waals surface area contributed by atoms with Gasteiger partial charge in [-0.2, -0.15) is 0 Å². The van der Waals surface area contributed by atoms with Crippen molar-refractivity contribution in [1.82, 2.24) is 20.0 Å². The molecule has 26 heavy (non-hydrogen) atoms. The highest BCUT2D eigenvalue weighted by Gasteiger charge is 2.18. The van der Waals surface area contributed by atoms with Gasteiger partial charge in [0.25, 0.3) is 0 Å². The number of methoxy groups -OCH3 is 1. The third-order valence-electron chi connectivity index (χ3n) is 4.34. The van der Waals surface area contributed by atoms with Crippen molar-refractivity contribution in [2.24, 2.45) is 0 Å². The summed E-state index contributed by atoms with van der Waals surface area (Å²) in [5.74, 6) is 0.645. The molecular formula is C19H24ClN5O. The van der Waals surface area contributed by atoms with Gasteiger partial charge in [-0.25, -0.2) is 9.67 Å². The molecule has 0 amide bonds. The summed E-state index contributed by atoms with van der Waals surface area (Å²) in [5.41, 5.74) is 5.47. The molecule has 1 unspecified atom stereocenters. The first-order chi connectivity index (χ1) is 12.4. The van der Waals surface area contributed by atoms with Crippen LogP contribution < -0.4 is 5.32 Å². The Kier molecular flexibility index (Phi) is 5.44. The first kappa shape index (κ1) is 18.6. The highest BCUT2D eigenvalue weighted by molar-refractivity contribution is 6.33. The van der Waals surface area contributed by atoms with Crippen molar-refractivity contribution in [3.05, 3.63) is 40.0 Å². The molecule has 138 valence electrons. The van der Waals surface area contributed by atoms with Crippen LogP contribution in [0.25, 0.3) is 11.0 Å². The van der Waals surface area contributed by atoms with E-state index in [2.05, 4.69) is 33.6 Å². The minimum absolute atomic E-state index is 0.149. The SMILES string of the molecule is CCCC(OC)n1nnc2c(Nc3c(C)cc(C)cc3Cl)nc(C)cc21. The highest BCUT2D eigenvalue weighted by Crippen LogP contribution is 2.32. The van der Waals surface area contributed by atoms with E-state index in [9.17, 15) is 0 Å². The van der Waals surface area contributed by atoms with Crippen LogP contribution in [0.4, 0.5) is 11.5 Å². The van der Waals surface area contributed by atoms with Gasteiger partial charge in [-0.15, -0.1) is 5.10 Å². The minimum atomic E-state index is -0.149. The number of fused-ring (bicyclic) bond motifs is 1. The number of benzene rings is 1. The topological polar surface area (TPSA) is 64.9 Å². The quantitative estimate of drug-likeness (QED) is 0.651. The standard InChI is InChI=1S/C19H24ClN5O/c1-6-7-16(26-5)25-15-10-13(4)21-19(18(15)23-24-25)22-17-12(3)8-11(2)9-14(17)20/h8-10,16H,6-7H2,1-5H3,(H,21,22). The lowest BCUT2D eigenvalue weighted by molar-refractivity contribution is 0.0285. The molecule has 0 radical (unpaired) electrons. The average Bonchev–Trinajstić information content (AvgIpc) is 2.99. The van der Waals surface area contributed by atoms with Crippen molar-refractivity contribution in [3.8, 4) is 0 Å². The lowest BCUT2D eigenvalue weighted by Gasteiger charge is -2.16. The van der Waals surface area contributed by atoms with Crippen LogP contribution in [-0.2, 0) is 4.74 Å². The molecule has 0 spiro atoms. The summed E-state index contributed by atoms with van der Waals surface area (Å²) >= 11 is 6.44. The number of hydrogen-bond acceptors (Lipinski definition) is 5. The monoisotopic (exact) mass is 373 g/mol. The lowest BCUT2D eigenvalue weighted by Crippen LogP contribution is -2.12. The Morgan fingerprint density at radius 3 is 2.65 bits per heavy atom. The molecule has 1 aromatic carbocycles. The molecule has 2 aromatic heterocycles. The minimum Gasteiger partial charge on any atom is -0.360 e. The molecule has 6 nitrogen and oxygen atoms in total. The molecule has 0 aliphatic rings. The summed E-state index contributed by atoms with van der Waals surface area (Å²) < 4.78 is 7.41. The van der Waals surface area contributed by atoms with E-state index < -0.39 is 0 Å². The Balaban J connectivity index is 2.09. The van der Waals surface area contributed by atoms with Crippen LogP contribution in [0.5, 0.6) is 0 Å². The smallest absolute Gasteiger partial charge is 0.160 e. The fraction of sp³-hybridized carbons (Fsp3) is 0.421. The van der Waals surface area contributed by atoms with Crippen LogP contribution >= 0.6 is 11.6 Å². The maximum Gasteiger partial charge on any atom is 0.160 e. The average molecular weight is 374 g/mol. The van der Waals surface area contributed by atoms with Crippen LogP contribution in [0.3, 0.4) is 0 Å². The first-order valence-corrected chi connectivity index (χ1v) is 9.11. The highest BCUT2D eigenvalue weighted by atomic mass is 35.5. The molecule has 0 aliphatic heterocycles. The van der Waals surface area contributed by atoms with Crippen LogP contribution in [-0.4, -0.2) is 27.1 Å². The summed E-state index contributed by atoms with van der Waals surface area (Å²) in [4.78, 5) is 4.62. The normalized spacial score (nSPS) is 12.5. The van der Waals surface area contributed by atoms with Gasteiger partial charge in [0, 0.05) is 12.8 Å². The van der Waals surface area contributed by atoms with Crippen LogP contribution in [0.1, 0.15) is 42.8 Å². The van der Waals surface area contributed by atoms with Gasteiger partial charge in [0.1, 0.15) is 0 Å². The van der Waals surface area contributed by atoms with Gasteiger partial charge in [-0.1, -0.05) is 36.2 Å². The fourth-order valence-corrected chi connectivity index (χ4v) is 3.51. The number of ether oxygens (including phenoxy) is 1. The van der Waals surface area contributed by atoms with E-state index in [1.165, 1.54) is 0 Å². The van der Waals surface area contributed by atoms with E-state index in [1.54, 1.807) is 7.11 Å². The Hall–Kier alpha value is -2.18. The van der Waals surface area contributed by atoms with Gasteiger partial charge in [0.15, 0.2) is 17.6 Å². The zero-order chi connectivity index (χ0) is 18.8. The number of nitrogens with zero attached hydrogens (tertiary/aromatic N) is 4. The molecule has 1 N–H and O–H groups in total. The molecule has 3 aromatic rings. The Morgan fingerprint density at radius 2 is 2.00 bits per heavy atom. The van der Waals surface area contributed by atoms with E-state index in [1.807, 2.05) is 37.6 Å². The lowest BCUT2D eigenvalue weighted by atomic mass is 10.1. The van der Waals surface area contributed by atoms with Gasteiger partial charge in [-0.05, 0) is 50.5 Å². The number of rotatable bonds is 6. The third-order valence-corrected chi connectivity index (χ3v) is 4.64. The second-order valence-electron chi connectivity index (χ2n) is 6.56. The molecule has 2 heterocycles.